The highest BCUT2D eigenvalue weighted by Crippen LogP contribution is 2.36. The largest absolute Gasteiger partial charge is 0.497 e. The fourth-order valence-corrected chi connectivity index (χ4v) is 3.69. The predicted octanol–water partition coefficient (Wildman–Crippen LogP) is 6.13. The van der Waals surface area contributed by atoms with E-state index in [0.717, 1.165) is 17.7 Å². The minimum absolute atomic E-state index is 0.0275. The van der Waals surface area contributed by atoms with Gasteiger partial charge in [-0.2, -0.15) is 13.2 Å². The summed E-state index contributed by atoms with van der Waals surface area (Å²) in [7, 11) is 3.12. The minimum atomic E-state index is -4.59. The van der Waals surface area contributed by atoms with E-state index in [2.05, 4.69) is 5.32 Å². The monoisotopic (exact) mass is 503 g/mol. The molecule has 0 aliphatic carbocycles. The Morgan fingerprint density at radius 2 is 1.61 bits per heavy atom. The lowest BCUT2D eigenvalue weighted by atomic mass is 9.98. The lowest BCUT2D eigenvalue weighted by molar-refractivity contribution is -0.137. The molecule has 0 amide bonds. The molecule has 0 aliphatic rings. The van der Waals surface area contributed by atoms with E-state index < -0.39 is 17.7 Å². The predicted molar refractivity (Wildman–Crippen MR) is 130 cm³/mol. The highest BCUT2D eigenvalue weighted by atomic mass is 19.4. The molecule has 0 heterocycles. The van der Waals surface area contributed by atoms with Crippen molar-refractivity contribution in [3.8, 4) is 28.4 Å². The minimum Gasteiger partial charge on any atom is -0.497 e. The van der Waals surface area contributed by atoms with Crippen LogP contribution in [0.2, 0.25) is 0 Å². The third kappa shape index (κ3) is 6.69. The van der Waals surface area contributed by atoms with Gasteiger partial charge in [0, 0.05) is 18.7 Å². The molecule has 3 aromatic carbocycles. The van der Waals surface area contributed by atoms with Crippen molar-refractivity contribution in [2.45, 2.75) is 26.1 Å². The molecule has 1 atom stereocenters. The standard InChI is InChI=1S/C27H28F3NO5/c1-16-5-6-18(13-25(16)26(32)33)20-9-21(27(28,29)30)14-24(12-20)36-8-7-31-17(2)19-10-22(34-3)15-23(11-19)35-4/h5-6,9-15,17,31H,7-8H2,1-4H3,(H,32,33). The number of carboxylic acid groups (broad SMARTS) is 1. The number of nitrogens with one attached hydrogen (secondary N) is 1. The van der Waals surface area contributed by atoms with Crippen molar-refractivity contribution in [1.29, 1.82) is 0 Å². The Morgan fingerprint density at radius 1 is 0.944 bits per heavy atom. The number of ether oxygens (including phenoxy) is 3. The first-order valence-electron chi connectivity index (χ1n) is 11.2. The topological polar surface area (TPSA) is 77.0 Å². The SMILES string of the molecule is COc1cc(OC)cc(C(C)NCCOc2cc(-c3ccc(C)c(C(=O)O)c3)cc(C(F)(F)F)c2)c1. The molecule has 0 bridgehead atoms. The molecule has 0 spiro atoms. The second kappa shape index (κ2) is 11.3. The average molecular weight is 504 g/mol. The zero-order chi connectivity index (χ0) is 26.5. The van der Waals surface area contributed by atoms with Gasteiger partial charge < -0.3 is 24.6 Å². The van der Waals surface area contributed by atoms with Crippen molar-refractivity contribution in [3.63, 3.8) is 0 Å². The summed E-state index contributed by atoms with van der Waals surface area (Å²) >= 11 is 0. The number of alkyl halides is 3. The maximum atomic E-state index is 13.6. The van der Waals surface area contributed by atoms with Gasteiger partial charge in [-0.25, -0.2) is 4.79 Å². The number of carbonyl (C=O) groups is 1. The molecule has 192 valence electrons. The van der Waals surface area contributed by atoms with Crippen LogP contribution in [0.5, 0.6) is 17.2 Å². The maximum Gasteiger partial charge on any atom is 0.416 e. The van der Waals surface area contributed by atoms with Crippen molar-refractivity contribution < 1.29 is 37.3 Å². The van der Waals surface area contributed by atoms with Crippen LogP contribution in [-0.4, -0.2) is 38.4 Å². The summed E-state index contributed by atoms with van der Waals surface area (Å²) in [5.41, 5.74) is 1.15. The summed E-state index contributed by atoms with van der Waals surface area (Å²) in [6, 6.07) is 13.3. The van der Waals surface area contributed by atoms with Crippen molar-refractivity contribution in [2.75, 3.05) is 27.4 Å². The van der Waals surface area contributed by atoms with Gasteiger partial charge in [0.1, 0.15) is 23.9 Å². The first-order chi connectivity index (χ1) is 17.0. The molecule has 36 heavy (non-hydrogen) atoms. The first-order valence-corrected chi connectivity index (χ1v) is 11.2. The highest BCUT2D eigenvalue weighted by molar-refractivity contribution is 5.91. The van der Waals surface area contributed by atoms with Crippen LogP contribution in [0.3, 0.4) is 0 Å². The molecule has 1 unspecified atom stereocenters. The lowest BCUT2D eigenvalue weighted by Crippen LogP contribution is -2.24. The summed E-state index contributed by atoms with van der Waals surface area (Å²) in [6.45, 7) is 4.04. The molecular formula is C27H28F3NO5. The molecule has 6 nitrogen and oxygen atoms in total. The Kier molecular flexibility index (Phi) is 8.47. The van der Waals surface area contributed by atoms with E-state index in [9.17, 15) is 23.1 Å². The molecule has 0 saturated heterocycles. The molecule has 9 heteroatoms. The van der Waals surface area contributed by atoms with Crippen LogP contribution in [0.15, 0.2) is 54.6 Å². The molecule has 0 aromatic heterocycles. The summed E-state index contributed by atoms with van der Waals surface area (Å²) in [4.78, 5) is 11.5. The Bertz CT molecular complexity index is 1200. The van der Waals surface area contributed by atoms with Crippen LogP contribution in [0.1, 0.15) is 40.0 Å². The van der Waals surface area contributed by atoms with Gasteiger partial charge in [0.05, 0.1) is 25.3 Å². The number of hydrogen-bond acceptors (Lipinski definition) is 5. The van der Waals surface area contributed by atoms with Crippen LogP contribution in [0.25, 0.3) is 11.1 Å². The van der Waals surface area contributed by atoms with Crippen LogP contribution < -0.4 is 19.5 Å². The normalized spacial score (nSPS) is 12.2. The van der Waals surface area contributed by atoms with Crippen LogP contribution in [0, 0.1) is 6.92 Å². The van der Waals surface area contributed by atoms with E-state index in [4.69, 9.17) is 14.2 Å². The molecule has 0 aliphatic heterocycles. The van der Waals surface area contributed by atoms with E-state index in [-0.39, 0.29) is 29.5 Å². The van der Waals surface area contributed by atoms with Gasteiger partial charge in [-0.15, -0.1) is 0 Å². The second-order valence-electron chi connectivity index (χ2n) is 8.25. The zero-order valence-electron chi connectivity index (χ0n) is 20.4. The first kappa shape index (κ1) is 26.9. The van der Waals surface area contributed by atoms with Gasteiger partial charge >= 0.3 is 12.1 Å². The van der Waals surface area contributed by atoms with Crippen LogP contribution >= 0.6 is 0 Å². The Balaban J connectivity index is 1.75. The van der Waals surface area contributed by atoms with Gasteiger partial charge in [-0.1, -0.05) is 12.1 Å². The van der Waals surface area contributed by atoms with Crippen LogP contribution in [-0.2, 0) is 6.18 Å². The highest BCUT2D eigenvalue weighted by Gasteiger charge is 2.31. The Morgan fingerprint density at radius 3 is 2.19 bits per heavy atom. The van der Waals surface area contributed by atoms with Crippen molar-refractivity contribution >= 4 is 5.97 Å². The van der Waals surface area contributed by atoms with Gasteiger partial charge in [-0.3, -0.25) is 0 Å². The molecular weight excluding hydrogens is 475 g/mol. The van der Waals surface area contributed by atoms with Gasteiger partial charge in [0.2, 0.25) is 0 Å². The third-order valence-corrected chi connectivity index (χ3v) is 5.73. The van der Waals surface area contributed by atoms with E-state index >= 15 is 0 Å². The van der Waals surface area contributed by atoms with Crippen LogP contribution in [0.4, 0.5) is 13.2 Å². The van der Waals surface area contributed by atoms with Gasteiger partial charge in [0.25, 0.3) is 0 Å². The molecule has 0 saturated carbocycles. The van der Waals surface area contributed by atoms with E-state index in [1.54, 1.807) is 39.3 Å². The van der Waals surface area contributed by atoms with Gasteiger partial charge in [0.15, 0.2) is 0 Å². The third-order valence-electron chi connectivity index (χ3n) is 5.73. The zero-order valence-corrected chi connectivity index (χ0v) is 20.4. The van der Waals surface area contributed by atoms with Gasteiger partial charge in [-0.05, 0) is 72.5 Å². The molecule has 0 radical (unpaired) electrons. The van der Waals surface area contributed by atoms with E-state index in [1.807, 2.05) is 19.1 Å². The Labute approximate surface area is 207 Å². The summed E-state index contributed by atoms with van der Waals surface area (Å²) in [5, 5.41) is 12.6. The van der Waals surface area contributed by atoms with E-state index in [0.29, 0.717) is 29.2 Å². The fourth-order valence-electron chi connectivity index (χ4n) is 3.69. The van der Waals surface area contributed by atoms with Crippen molar-refractivity contribution in [2.24, 2.45) is 0 Å². The maximum absolute atomic E-state index is 13.6. The number of aromatic carboxylic acids is 1. The number of hydrogen-bond donors (Lipinski definition) is 2. The molecule has 3 aromatic rings. The van der Waals surface area contributed by atoms with E-state index in [1.165, 1.54) is 12.1 Å². The number of carboxylic acids is 1. The number of methoxy groups -OCH3 is 2. The average Bonchev–Trinajstić information content (AvgIpc) is 2.85. The molecule has 2 N–H and O–H groups in total. The number of benzene rings is 3. The lowest BCUT2D eigenvalue weighted by Gasteiger charge is -2.17. The molecule has 0 fully saturated rings. The summed E-state index contributed by atoms with van der Waals surface area (Å²) < 4.78 is 56.9. The smallest absolute Gasteiger partial charge is 0.416 e. The van der Waals surface area contributed by atoms with Crippen molar-refractivity contribution in [3.05, 3.63) is 76.9 Å². The quantitative estimate of drug-likeness (QED) is 0.325. The number of halogens is 3. The fraction of sp³-hybridized carbons (Fsp3) is 0.296. The summed E-state index contributed by atoms with van der Waals surface area (Å²) in [5.74, 6) is 0.183. The second-order valence-corrected chi connectivity index (χ2v) is 8.25. The molecule has 3 rings (SSSR count). The number of rotatable bonds is 10. The Hall–Kier alpha value is -3.72. The summed E-state index contributed by atoms with van der Waals surface area (Å²) in [6.07, 6.45) is -4.59. The van der Waals surface area contributed by atoms with Crippen molar-refractivity contribution in [1.82, 2.24) is 5.32 Å². The number of aryl methyl sites for hydroxylation is 1.